The van der Waals surface area contributed by atoms with Gasteiger partial charge in [0, 0.05) is 25.8 Å². The van der Waals surface area contributed by atoms with Crippen LogP contribution in [0.15, 0.2) is 0 Å². The molecule has 0 aliphatic carbocycles. The van der Waals surface area contributed by atoms with Gasteiger partial charge in [0.2, 0.25) is 5.91 Å². The van der Waals surface area contributed by atoms with E-state index in [0.29, 0.717) is 11.7 Å². The SMILES string of the molecule is Cc1nn(C)c(Cl)c1CC(=O)NCC(C)CO. The summed E-state index contributed by atoms with van der Waals surface area (Å²) in [6, 6.07) is 0. The molecule has 1 heterocycles. The summed E-state index contributed by atoms with van der Waals surface area (Å²) in [5.41, 5.74) is 1.52. The number of aliphatic hydroxyl groups excluding tert-OH is 1. The maximum Gasteiger partial charge on any atom is 0.224 e. The summed E-state index contributed by atoms with van der Waals surface area (Å²) in [5.74, 6) is -0.0484. The molecule has 1 aromatic heterocycles. The van der Waals surface area contributed by atoms with Crippen LogP contribution in [0.4, 0.5) is 0 Å². The maximum atomic E-state index is 11.7. The largest absolute Gasteiger partial charge is 0.396 e. The second-order valence-electron chi connectivity index (χ2n) is 4.25. The normalized spacial score (nSPS) is 12.5. The first-order valence-corrected chi connectivity index (χ1v) is 5.89. The number of amides is 1. The first-order valence-electron chi connectivity index (χ1n) is 5.51. The lowest BCUT2D eigenvalue weighted by Gasteiger charge is -2.09. The number of rotatable bonds is 5. The summed E-state index contributed by atoms with van der Waals surface area (Å²) >= 11 is 6.03. The first kappa shape index (κ1) is 14.0. The molecule has 0 aliphatic heterocycles. The standard InChI is InChI=1S/C11H18ClN3O2/c1-7(6-16)5-13-10(17)4-9-8(2)14-15(3)11(9)12/h7,16H,4-6H2,1-3H3,(H,13,17). The van der Waals surface area contributed by atoms with Crippen molar-refractivity contribution in [2.75, 3.05) is 13.2 Å². The molecule has 0 fully saturated rings. The lowest BCUT2D eigenvalue weighted by molar-refractivity contribution is -0.120. The molecular formula is C11H18ClN3O2. The van der Waals surface area contributed by atoms with Gasteiger partial charge in [-0.15, -0.1) is 0 Å². The van der Waals surface area contributed by atoms with Crippen LogP contribution in [-0.4, -0.2) is 33.9 Å². The second-order valence-corrected chi connectivity index (χ2v) is 4.60. The van der Waals surface area contributed by atoms with E-state index in [1.54, 1.807) is 11.7 Å². The minimum atomic E-state index is -0.108. The number of hydrogen-bond donors (Lipinski definition) is 2. The number of halogens is 1. The van der Waals surface area contributed by atoms with Crippen molar-refractivity contribution in [1.29, 1.82) is 0 Å². The maximum absolute atomic E-state index is 11.7. The average Bonchev–Trinajstić information content (AvgIpc) is 2.53. The third kappa shape index (κ3) is 3.71. The highest BCUT2D eigenvalue weighted by molar-refractivity contribution is 6.30. The average molecular weight is 260 g/mol. The van der Waals surface area contributed by atoms with Crippen LogP contribution in [0.3, 0.4) is 0 Å². The summed E-state index contributed by atoms with van der Waals surface area (Å²) in [6.07, 6.45) is 0.219. The predicted octanol–water partition coefficient (Wildman–Crippen LogP) is 0.669. The second kappa shape index (κ2) is 6.02. The highest BCUT2D eigenvalue weighted by Crippen LogP contribution is 2.18. The Morgan fingerprint density at radius 1 is 1.65 bits per heavy atom. The highest BCUT2D eigenvalue weighted by atomic mass is 35.5. The van der Waals surface area contributed by atoms with Crippen molar-refractivity contribution in [3.63, 3.8) is 0 Å². The van der Waals surface area contributed by atoms with E-state index in [1.165, 1.54) is 0 Å². The van der Waals surface area contributed by atoms with Crippen molar-refractivity contribution in [3.8, 4) is 0 Å². The Morgan fingerprint density at radius 2 is 2.29 bits per heavy atom. The summed E-state index contributed by atoms with van der Waals surface area (Å²) in [6.45, 7) is 4.21. The number of carbonyl (C=O) groups is 1. The molecule has 5 nitrogen and oxygen atoms in total. The van der Waals surface area contributed by atoms with Gasteiger partial charge in [-0.2, -0.15) is 5.10 Å². The van der Waals surface area contributed by atoms with Gasteiger partial charge < -0.3 is 10.4 Å². The van der Waals surface area contributed by atoms with Crippen molar-refractivity contribution in [3.05, 3.63) is 16.4 Å². The molecule has 0 saturated heterocycles. The topological polar surface area (TPSA) is 67.2 Å². The van der Waals surface area contributed by atoms with E-state index < -0.39 is 0 Å². The number of aromatic nitrogens is 2. The molecule has 0 spiro atoms. The molecule has 17 heavy (non-hydrogen) atoms. The van der Waals surface area contributed by atoms with Gasteiger partial charge in [-0.1, -0.05) is 18.5 Å². The summed E-state index contributed by atoms with van der Waals surface area (Å²) in [5, 5.41) is 16.2. The van der Waals surface area contributed by atoms with Gasteiger partial charge in [0.25, 0.3) is 0 Å². The zero-order valence-electron chi connectivity index (χ0n) is 10.3. The van der Waals surface area contributed by atoms with Crippen LogP contribution in [0.25, 0.3) is 0 Å². The number of hydrogen-bond acceptors (Lipinski definition) is 3. The van der Waals surface area contributed by atoms with Gasteiger partial charge in [0.15, 0.2) is 0 Å². The third-order valence-corrected chi connectivity index (χ3v) is 3.04. The lowest BCUT2D eigenvalue weighted by atomic mass is 10.1. The van der Waals surface area contributed by atoms with Crippen molar-refractivity contribution < 1.29 is 9.90 Å². The van der Waals surface area contributed by atoms with E-state index in [9.17, 15) is 4.79 Å². The zero-order chi connectivity index (χ0) is 13.0. The number of carbonyl (C=O) groups excluding carboxylic acids is 1. The van der Waals surface area contributed by atoms with Gasteiger partial charge >= 0.3 is 0 Å². The molecule has 0 bridgehead atoms. The molecule has 2 N–H and O–H groups in total. The van der Waals surface area contributed by atoms with E-state index in [1.807, 2.05) is 13.8 Å². The molecular weight excluding hydrogens is 242 g/mol. The fraction of sp³-hybridized carbons (Fsp3) is 0.636. The number of aliphatic hydroxyl groups is 1. The van der Waals surface area contributed by atoms with Gasteiger partial charge in [0.1, 0.15) is 5.15 Å². The molecule has 1 rings (SSSR count). The molecule has 1 amide bonds. The molecule has 0 saturated carbocycles. The van der Waals surface area contributed by atoms with E-state index in [2.05, 4.69) is 10.4 Å². The molecule has 1 aromatic rings. The lowest BCUT2D eigenvalue weighted by Crippen LogP contribution is -2.30. The van der Waals surface area contributed by atoms with Gasteiger partial charge in [0.05, 0.1) is 12.1 Å². The van der Waals surface area contributed by atoms with Crippen LogP contribution in [0.5, 0.6) is 0 Å². The number of nitrogens with zero attached hydrogens (tertiary/aromatic N) is 2. The van der Waals surface area contributed by atoms with Gasteiger partial charge in [-0.25, -0.2) is 0 Å². The van der Waals surface area contributed by atoms with Crippen LogP contribution in [0, 0.1) is 12.8 Å². The smallest absolute Gasteiger partial charge is 0.224 e. The van der Waals surface area contributed by atoms with Crippen LogP contribution in [0.1, 0.15) is 18.2 Å². The Labute approximate surface area is 106 Å². The monoisotopic (exact) mass is 259 g/mol. The Morgan fingerprint density at radius 3 is 2.76 bits per heavy atom. The molecule has 96 valence electrons. The van der Waals surface area contributed by atoms with E-state index in [0.717, 1.165) is 11.3 Å². The van der Waals surface area contributed by atoms with Crippen LogP contribution >= 0.6 is 11.6 Å². The minimum Gasteiger partial charge on any atom is -0.396 e. The first-order chi connectivity index (χ1) is 7.95. The third-order valence-electron chi connectivity index (χ3n) is 2.57. The van der Waals surface area contributed by atoms with E-state index >= 15 is 0 Å². The van der Waals surface area contributed by atoms with Crippen molar-refractivity contribution in [2.45, 2.75) is 20.3 Å². The Balaban J connectivity index is 2.56. The molecule has 0 aromatic carbocycles. The van der Waals surface area contributed by atoms with E-state index in [4.69, 9.17) is 16.7 Å². The van der Waals surface area contributed by atoms with Crippen molar-refractivity contribution >= 4 is 17.5 Å². The predicted molar refractivity (Wildman–Crippen MR) is 65.9 cm³/mol. The van der Waals surface area contributed by atoms with Gasteiger partial charge in [-0.05, 0) is 12.8 Å². The Hall–Kier alpha value is -1.07. The van der Waals surface area contributed by atoms with Crippen LogP contribution in [0.2, 0.25) is 5.15 Å². The molecule has 1 atom stereocenters. The van der Waals surface area contributed by atoms with Crippen LogP contribution in [-0.2, 0) is 18.3 Å². The highest BCUT2D eigenvalue weighted by Gasteiger charge is 2.15. The van der Waals surface area contributed by atoms with Gasteiger partial charge in [-0.3, -0.25) is 9.48 Å². The molecule has 1 unspecified atom stereocenters. The summed E-state index contributed by atoms with van der Waals surface area (Å²) < 4.78 is 1.55. The Bertz CT molecular complexity index is 404. The van der Waals surface area contributed by atoms with Crippen molar-refractivity contribution in [1.82, 2.24) is 15.1 Å². The molecule has 0 aliphatic rings. The Kier molecular flexibility index (Phi) is 4.96. The molecule has 0 radical (unpaired) electrons. The summed E-state index contributed by atoms with van der Waals surface area (Å²) in [7, 11) is 1.74. The van der Waals surface area contributed by atoms with Crippen molar-refractivity contribution in [2.24, 2.45) is 13.0 Å². The van der Waals surface area contributed by atoms with Crippen LogP contribution < -0.4 is 5.32 Å². The zero-order valence-corrected chi connectivity index (χ0v) is 11.1. The molecule has 6 heteroatoms. The quantitative estimate of drug-likeness (QED) is 0.817. The summed E-state index contributed by atoms with van der Waals surface area (Å²) in [4.78, 5) is 11.7. The fourth-order valence-corrected chi connectivity index (χ4v) is 1.69. The van der Waals surface area contributed by atoms with E-state index in [-0.39, 0.29) is 24.9 Å². The fourth-order valence-electron chi connectivity index (χ4n) is 1.45. The number of nitrogens with one attached hydrogen (secondary N) is 1. The minimum absolute atomic E-state index is 0.0596. The number of aryl methyl sites for hydroxylation is 2.